The van der Waals surface area contributed by atoms with Crippen molar-refractivity contribution < 1.29 is 15.3 Å². The third kappa shape index (κ3) is 3.76. The van der Waals surface area contributed by atoms with E-state index in [1.54, 1.807) is 0 Å². The first-order valence-corrected chi connectivity index (χ1v) is 12.5. The topological polar surface area (TPSA) is 60.7 Å². The van der Waals surface area contributed by atoms with E-state index in [9.17, 15) is 15.3 Å². The Morgan fingerprint density at radius 3 is 2.07 bits per heavy atom. The standard InChI is InChI=1S/C25H44O3.C2H2/c1-16(5-8-22(27)28)19-6-7-20-24(19,3)14-11-21-23(2)13-10-18(26)15-17(23)9-12-25(20,21)4;1-2/h16-22,26-28H,5-15H2,1-4H3;1-2H/t16-,17-,18-,19?,20?,21?,23+,24-,25+;/m1./s1. The van der Waals surface area contributed by atoms with Crippen LogP contribution < -0.4 is 0 Å². The van der Waals surface area contributed by atoms with E-state index in [0.717, 1.165) is 42.9 Å². The molecule has 3 nitrogen and oxygen atoms in total. The van der Waals surface area contributed by atoms with Gasteiger partial charge in [0.05, 0.1) is 6.10 Å². The molecule has 0 saturated heterocycles. The molecule has 4 rings (SSSR count). The monoisotopic (exact) mass is 418 g/mol. The number of rotatable bonds is 4. The molecule has 4 aliphatic rings. The fraction of sp³-hybridized carbons (Fsp3) is 0.926. The van der Waals surface area contributed by atoms with Crippen LogP contribution in [0.25, 0.3) is 0 Å². The fourth-order valence-electron chi connectivity index (χ4n) is 9.50. The lowest BCUT2D eigenvalue weighted by atomic mass is 9.39. The van der Waals surface area contributed by atoms with Gasteiger partial charge in [0.1, 0.15) is 0 Å². The summed E-state index contributed by atoms with van der Waals surface area (Å²) >= 11 is 0. The van der Waals surface area contributed by atoms with Gasteiger partial charge in [0.25, 0.3) is 0 Å². The zero-order valence-corrected chi connectivity index (χ0v) is 19.8. The molecule has 9 atom stereocenters. The van der Waals surface area contributed by atoms with Crippen molar-refractivity contribution in [3.8, 4) is 12.8 Å². The van der Waals surface area contributed by atoms with Crippen molar-refractivity contribution >= 4 is 0 Å². The molecule has 3 unspecified atom stereocenters. The minimum atomic E-state index is -1.16. The Balaban J connectivity index is 0.00000124. The third-order valence-corrected chi connectivity index (χ3v) is 10.9. The van der Waals surface area contributed by atoms with E-state index in [4.69, 9.17) is 0 Å². The minimum absolute atomic E-state index is 0.0603. The molecular formula is C27H46O3. The van der Waals surface area contributed by atoms with E-state index in [2.05, 4.69) is 40.5 Å². The zero-order valence-electron chi connectivity index (χ0n) is 19.8. The smallest absolute Gasteiger partial charge is 0.151 e. The average molecular weight is 419 g/mol. The molecule has 0 spiro atoms. The van der Waals surface area contributed by atoms with Crippen molar-refractivity contribution in [1.29, 1.82) is 0 Å². The maximum absolute atomic E-state index is 10.3. The summed E-state index contributed by atoms with van der Waals surface area (Å²) in [6.45, 7) is 10.2. The lowest BCUT2D eigenvalue weighted by Gasteiger charge is -2.66. The van der Waals surface area contributed by atoms with Gasteiger partial charge in [-0.3, -0.25) is 0 Å². The molecule has 0 aromatic rings. The number of aliphatic hydroxyl groups is 3. The van der Waals surface area contributed by atoms with E-state index in [0.29, 0.717) is 28.6 Å². The van der Waals surface area contributed by atoms with Gasteiger partial charge in [0.2, 0.25) is 0 Å². The molecule has 4 saturated carbocycles. The quantitative estimate of drug-likeness (QED) is 0.425. The molecule has 3 N–H and O–H groups in total. The molecule has 172 valence electrons. The number of terminal acetylenes is 1. The zero-order chi connectivity index (χ0) is 22.3. The predicted octanol–water partition coefficient (Wildman–Crippen LogP) is 5.37. The maximum atomic E-state index is 10.3. The first-order valence-electron chi connectivity index (χ1n) is 12.5. The summed E-state index contributed by atoms with van der Waals surface area (Å²) in [6.07, 6.45) is 19.5. The van der Waals surface area contributed by atoms with Gasteiger partial charge >= 0.3 is 0 Å². The van der Waals surface area contributed by atoms with E-state index < -0.39 is 6.29 Å². The largest absolute Gasteiger partial charge is 0.393 e. The van der Waals surface area contributed by atoms with Crippen LogP contribution in [-0.4, -0.2) is 27.7 Å². The van der Waals surface area contributed by atoms with Crippen molar-refractivity contribution in [2.45, 2.75) is 111 Å². The van der Waals surface area contributed by atoms with E-state index in [-0.39, 0.29) is 6.10 Å². The highest BCUT2D eigenvalue weighted by atomic mass is 16.5. The Morgan fingerprint density at radius 2 is 1.40 bits per heavy atom. The van der Waals surface area contributed by atoms with Crippen LogP contribution in [0.4, 0.5) is 0 Å². The van der Waals surface area contributed by atoms with Gasteiger partial charge in [-0.2, -0.15) is 0 Å². The molecule has 0 aromatic heterocycles. The molecule has 3 heteroatoms. The predicted molar refractivity (Wildman–Crippen MR) is 122 cm³/mol. The van der Waals surface area contributed by atoms with Gasteiger partial charge in [-0.05, 0) is 116 Å². The lowest BCUT2D eigenvalue weighted by Crippen LogP contribution is -2.59. The van der Waals surface area contributed by atoms with Crippen LogP contribution in [0, 0.1) is 58.7 Å². The second-order valence-corrected chi connectivity index (χ2v) is 12.0. The van der Waals surface area contributed by atoms with E-state index >= 15 is 0 Å². The van der Waals surface area contributed by atoms with Crippen LogP contribution in [0.3, 0.4) is 0 Å². The second-order valence-electron chi connectivity index (χ2n) is 12.0. The summed E-state index contributed by atoms with van der Waals surface area (Å²) in [5.74, 6) is 3.66. The number of hydrogen-bond acceptors (Lipinski definition) is 3. The van der Waals surface area contributed by atoms with Crippen molar-refractivity contribution in [2.75, 3.05) is 0 Å². The summed E-state index contributed by atoms with van der Waals surface area (Å²) in [5.41, 5.74) is 1.30. The Morgan fingerprint density at radius 1 is 0.800 bits per heavy atom. The normalized spacial score (nSPS) is 48.7. The molecule has 0 aliphatic heterocycles. The molecular weight excluding hydrogens is 372 g/mol. The SMILES string of the molecule is C#C.C[C@H](CCC(O)O)C1CCC2[C@]3(C)CC[C@@H]4C[C@H](O)CC[C@]4(C)C3CC[C@]12C. The average Bonchev–Trinajstić information content (AvgIpc) is 3.07. The number of hydrogen-bond donors (Lipinski definition) is 3. The highest BCUT2D eigenvalue weighted by Crippen LogP contribution is 2.73. The van der Waals surface area contributed by atoms with Crippen molar-refractivity contribution in [2.24, 2.45) is 45.8 Å². The maximum Gasteiger partial charge on any atom is 0.151 e. The summed E-state index contributed by atoms with van der Waals surface area (Å²) in [5, 5.41) is 28.9. The Hall–Kier alpha value is -0.560. The highest BCUT2D eigenvalue weighted by molar-refractivity contribution is 5.14. The molecule has 0 aromatic carbocycles. The van der Waals surface area contributed by atoms with Gasteiger partial charge in [0.15, 0.2) is 6.29 Å². The van der Waals surface area contributed by atoms with Crippen LogP contribution in [-0.2, 0) is 0 Å². The first kappa shape index (κ1) is 24.1. The fourth-order valence-corrected chi connectivity index (χ4v) is 9.50. The summed E-state index contributed by atoms with van der Waals surface area (Å²) < 4.78 is 0. The van der Waals surface area contributed by atoms with Crippen LogP contribution in [0.5, 0.6) is 0 Å². The van der Waals surface area contributed by atoms with Crippen molar-refractivity contribution in [3.63, 3.8) is 0 Å². The number of aliphatic hydroxyl groups excluding tert-OH is 2. The molecule has 4 fully saturated rings. The molecule has 0 radical (unpaired) electrons. The van der Waals surface area contributed by atoms with Crippen LogP contribution in [0.2, 0.25) is 0 Å². The highest BCUT2D eigenvalue weighted by Gasteiger charge is 2.65. The van der Waals surface area contributed by atoms with Gasteiger partial charge < -0.3 is 15.3 Å². The number of fused-ring (bicyclic) bond motifs is 5. The van der Waals surface area contributed by atoms with E-state index in [1.165, 1.54) is 44.9 Å². The van der Waals surface area contributed by atoms with Gasteiger partial charge in [0, 0.05) is 0 Å². The minimum Gasteiger partial charge on any atom is -0.393 e. The van der Waals surface area contributed by atoms with Crippen molar-refractivity contribution in [3.05, 3.63) is 0 Å². The summed E-state index contributed by atoms with van der Waals surface area (Å²) in [6, 6.07) is 0. The van der Waals surface area contributed by atoms with Crippen LogP contribution in [0.1, 0.15) is 98.3 Å². The molecule has 0 bridgehead atoms. The molecule has 0 amide bonds. The van der Waals surface area contributed by atoms with Crippen LogP contribution in [0.15, 0.2) is 0 Å². The van der Waals surface area contributed by atoms with E-state index in [1.807, 2.05) is 0 Å². The first-order chi connectivity index (χ1) is 14.1. The third-order valence-electron chi connectivity index (χ3n) is 10.9. The summed E-state index contributed by atoms with van der Waals surface area (Å²) in [7, 11) is 0. The molecule has 4 aliphatic carbocycles. The molecule has 30 heavy (non-hydrogen) atoms. The van der Waals surface area contributed by atoms with Gasteiger partial charge in [-0.15, -0.1) is 12.8 Å². The summed E-state index contributed by atoms with van der Waals surface area (Å²) in [4.78, 5) is 0. The van der Waals surface area contributed by atoms with Crippen LogP contribution >= 0.6 is 0 Å². The Bertz CT molecular complexity index is 614. The van der Waals surface area contributed by atoms with Gasteiger partial charge in [-0.1, -0.05) is 27.7 Å². The van der Waals surface area contributed by atoms with Gasteiger partial charge in [-0.25, -0.2) is 0 Å². The Kier molecular flexibility index (Phi) is 7.03. The second kappa shape index (κ2) is 8.76. The lowest BCUT2D eigenvalue weighted by molar-refractivity contribution is -0.176. The van der Waals surface area contributed by atoms with Crippen molar-refractivity contribution in [1.82, 2.24) is 0 Å². The Labute approximate surface area is 185 Å². The molecule has 0 heterocycles.